The highest BCUT2D eigenvalue weighted by Gasteiger charge is 2.12. The van der Waals surface area contributed by atoms with Gasteiger partial charge in [-0.2, -0.15) is 0 Å². The predicted molar refractivity (Wildman–Crippen MR) is 91.5 cm³/mol. The van der Waals surface area contributed by atoms with E-state index in [0.29, 0.717) is 29.2 Å². The molecule has 3 aromatic rings. The number of ketones is 1. The Kier molecular flexibility index (Phi) is 4.39. The van der Waals surface area contributed by atoms with Crippen LogP contribution in [-0.2, 0) is 6.61 Å². The van der Waals surface area contributed by atoms with Crippen LogP contribution >= 0.6 is 0 Å². The van der Waals surface area contributed by atoms with Gasteiger partial charge in [-0.05, 0) is 29.8 Å². The number of ether oxygens (including phenoxy) is 1. The lowest BCUT2D eigenvalue weighted by atomic mass is 10.0. The highest BCUT2D eigenvalue weighted by atomic mass is 16.5. The fourth-order valence-electron chi connectivity index (χ4n) is 2.33. The van der Waals surface area contributed by atoms with Crippen LogP contribution in [0.1, 0.15) is 21.5 Å². The van der Waals surface area contributed by atoms with Crippen molar-refractivity contribution in [1.82, 2.24) is 0 Å². The molecule has 0 unspecified atom stereocenters. The molecular formula is C20H17NO2. The summed E-state index contributed by atoms with van der Waals surface area (Å²) < 4.78 is 5.77. The van der Waals surface area contributed by atoms with Crippen molar-refractivity contribution < 1.29 is 9.53 Å². The van der Waals surface area contributed by atoms with Crippen LogP contribution in [0.4, 0.5) is 5.69 Å². The minimum absolute atomic E-state index is 0.103. The van der Waals surface area contributed by atoms with Crippen LogP contribution < -0.4 is 10.5 Å². The third-order valence-electron chi connectivity index (χ3n) is 3.55. The Morgan fingerprint density at radius 2 is 1.61 bits per heavy atom. The van der Waals surface area contributed by atoms with E-state index in [-0.39, 0.29) is 5.78 Å². The van der Waals surface area contributed by atoms with Crippen molar-refractivity contribution in [2.45, 2.75) is 6.61 Å². The number of hydrogen-bond donors (Lipinski definition) is 1. The number of nitrogens with two attached hydrogens (primary N) is 1. The van der Waals surface area contributed by atoms with Crippen molar-refractivity contribution in [3.63, 3.8) is 0 Å². The fraction of sp³-hybridized carbons (Fsp3) is 0.0500. The molecule has 0 aliphatic heterocycles. The molecule has 0 atom stereocenters. The van der Waals surface area contributed by atoms with Gasteiger partial charge in [0.25, 0.3) is 0 Å². The summed E-state index contributed by atoms with van der Waals surface area (Å²) in [5.74, 6) is 0.558. The van der Waals surface area contributed by atoms with Crippen LogP contribution in [0, 0.1) is 0 Å². The molecule has 3 heteroatoms. The molecule has 0 fully saturated rings. The number of carbonyl (C=O) groups is 1. The second-order valence-corrected chi connectivity index (χ2v) is 5.22. The third kappa shape index (κ3) is 3.58. The summed E-state index contributed by atoms with van der Waals surface area (Å²) in [5, 5.41) is 0. The Balaban J connectivity index is 1.77. The summed E-state index contributed by atoms with van der Waals surface area (Å²) >= 11 is 0. The Morgan fingerprint density at radius 1 is 0.870 bits per heavy atom. The summed E-state index contributed by atoms with van der Waals surface area (Å²) in [7, 11) is 0. The summed E-state index contributed by atoms with van der Waals surface area (Å²) in [6.07, 6.45) is 0. The van der Waals surface area contributed by atoms with Crippen molar-refractivity contribution in [1.29, 1.82) is 0 Å². The zero-order valence-electron chi connectivity index (χ0n) is 12.6. The maximum absolute atomic E-state index is 12.6. The second kappa shape index (κ2) is 6.79. The summed E-state index contributed by atoms with van der Waals surface area (Å²) in [6, 6.07) is 24.1. The quantitative estimate of drug-likeness (QED) is 0.571. The normalized spacial score (nSPS) is 10.3. The Morgan fingerprint density at radius 3 is 2.39 bits per heavy atom. The van der Waals surface area contributed by atoms with Crippen LogP contribution in [0.25, 0.3) is 0 Å². The number of hydrogen-bond acceptors (Lipinski definition) is 3. The van der Waals surface area contributed by atoms with Gasteiger partial charge in [0.1, 0.15) is 12.4 Å². The van der Waals surface area contributed by atoms with Gasteiger partial charge < -0.3 is 10.5 Å². The standard InChI is InChI=1S/C20H17NO2/c21-19-12-5-4-11-18(19)20(22)16-9-6-10-17(13-16)23-14-15-7-2-1-3-8-15/h1-13H,14,21H2. The molecule has 0 aliphatic carbocycles. The molecule has 3 rings (SSSR count). The van der Waals surface area contributed by atoms with Crippen molar-refractivity contribution in [2.75, 3.05) is 5.73 Å². The van der Waals surface area contributed by atoms with Crippen LogP contribution in [0.2, 0.25) is 0 Å². The highest BCUT2D eigenvalue weighted by Crippen LogP contribution is 2.20. The molecule has 3 nitrogen and oxygen atoms in total. The second-order valence-electron chi connectivity index (χ2n) is 5.22. The number of rotatable bonds is 5. The van der Waals surface area contributed by atoms with Gasteiger partial charge in [-0.3, -0.25) is 4.79 Å². The SMILES string of the molecule is Nc1ccccc1C(=O)c1cccc(OCc2ccccc2)c1. The van der Waals surface area contributed by atoms with E-state index in [2.05, 4.69) is 0 Å². The van der Waals surface area contributed by atoms with Gasteiger partial charge in [0.2, 0.25) is 0 Å². The lowest BCUT2D eigenvalue weighted by Gasteiger charge is -2.09. The van der Waals surface area contributed by atoms with E-state index in [1.165, 1.54) is 0 Å². The van der Waals surface area contributed by atoms with Crippen molar-refractivity contribution in [3.05, 3.63) is 95.6 Å². The molecule has 3 aromatic carbocycles. The van der Waals surface area contributed by atoms with Crippen LogP contribution in [0.5, 0.6) is 5.75 Å². The molecule has 0 aliphatic rings. The minimum Gasteiger partial charge on any atom is -0.489 e. The molecule has 0 radical (unpaired) electrons. The molecule has 0 saturated heterocycles. The van der Waals surface area contributed by atoms with E-state index < -0.39 is 0 Å². The Labute approximate surface area is 135 Å². The molecule has 114 valence electrons. The first-order valence-electron chi connectivity index (χ1n) is 7.40. The lowest BCUT2D eigenvalue weighted by molar-refractivity contribution is 0.103. The monoisotopic (exact) mass is 303 g/mol. The van der Waals surface area contributed by atoms with Crippen molar-refractivity contribution in [3.8, 4) is 5.75 Å². The first-order valence-corrected chi connectivity index (χ1v) is 7.40. The average Bonchev–Trinajstić information content (AvgIpc) is 2.61. The van der Waals surface area contributed by atoms with Crippen LogP contribution in [0.3, 0.4) is 0 Å². The van der Waals surface area contributed by atoms with E-state index in [4.69, 9.17) is 10.5 Å². The molecule has 0 aromatic heterocycles. The minimum atomic E-state index is -0.103. The average molecular weight is 303 g/mol. The molecule has 23 heavy (non-hydrogen) atoms. The lowest BCUT2D eigenvalue weighted by Crippen LogP contribution is -2.05. The van der Waals surface area contributed by atoms with E-state index in [1.807, 2.05) is 48.5 Å². The van der Waals surface area contributed by atoms with Crippen molar-refractivity contribution >= 4 is 11.5 Å². The zero-order valence-corrected chi connectivity index (χ0v) is 12.6. The topological polar surface area (TPSA) is 52.3 Å². The van der Waals surface area contributed by atoms with Gasteiger partial charge in [0.05, 0.1) is 0 Å². The smallest absolute Gasteiger partial charge is 0.195 e. The van der Waals surface area contributed by atoms with Gasteiger partial charge in [-0.25, -0.2) is 0 Å². The maximum Gasteiger partial charge on any atom is 0.195 e. The van der Waals surface area contributed by atoms with Gasteiger partial charge in [-0.1, -0.05) is 54.6 Å². The number of benzene rings is 3. The maximum atomic E-state index is 12.6. The number of carbonyl (C=O) groups excluding carboxylic acids is 1. The van der Waals surface area contributed by atoms with Crippen molar-refractivity contribution in [2.24, 2.45) is 0 Å². The van der Waals surface area contributed by atoms with E-state index in [1.54, 1.807) is 30.3 Å². The molecule has 0 spiro atoms. The Hall–Kier alpha value is -3.07. The van der Waals surface area contributed by atoms with E-state index in [0.717, 1.165) is 5.56 Å². The summed E-state index contributed by atoms with van der Waals surface area (Å²) in [5.41, 5.74) is 8.51. The predicted octanol–water partition coefficient (Wildman–Crippen LogP) is 4.08. The van der Waals surface area contributed by atoms with Gasteiger partial charge >= 0.3 is 0 Å². The van der Waals surface area contributed by atoms with Gasteiger partial charge in [0.15, 0.2) is 5.78 Å². The largest absolute Gasteiger partial charge is 0.489 e. The number of para-hydroxylation sites is 1. The van der Waals surface area contributed by atoms with Crippen LogP contribution in [0.15, 0.2) is 78.9 Å². The molecule has 0 bridgehead atoms. The third-order valence-corrected chi connectivity index (χ3v) is 3.55. The first kappa shape index (κ1) is 14.9. The van der Waals surface area contributed by atoms with E-state index in [9.17, 15) is 4.79 Å². The van der Waals surface area contributed by atoms with Crippen LogP contribution in [-0.4, -0.2) is 5.78 Å². The number of nitrogen functional groups attached to an aromatic ring is 1. The fourth-order valence-corrected chi connectivity index (χ4v) is 2.33. The molecule has 0 amide bonds. The molecule has 0 saturated carbocycles. The van der Waals surface area contributed by atoms with Gasteiger partial charge in [-0.15, -0.1) is 0 Å². The first-order chi connectivity index (χ1) is 11.2. The summed E-state index contributed by atoms with van der Waals surface area (Å²) in [4.78, 5) is 12.6. The summed E-state index contributed by atoms with van der Waals surface area (Å²) in [6.45, 7) is 0.464. The Bertz CT molecular complexity index is 813. The van der Waals surface area contributed by atoms with Gasteiger partial charge in [0, 0.05) is 16.8 Å². The van der Waals surface area contributed by atoms with E-state index >= 15 is 0 Å². The molecule has 0 heterocycles. The number of anilines is 1. The molecule has 2 N–H and O–H groups in total. The highest BCUT2D eigenvalue weighted by molar-refractivity contribution is 6.12. The zero-order chi connectivity index (χ0) is 16.1. The molecular weight excluding hydrogens is 286 g/mol.